The topological polar surface area (TPSA) is 55.1 Å². The second kappa shape index (κ2) is 5.27. The van der Waals surface area contributed by atoms with Gasteiger partial charge in [0.2, 0.25) is 0 Å². The summed E-state index contributed by atoms with van der Waals surface area (Å²) >= 11 is 0. The van der Waals surface area contributed by atoms with Crippen LogP contribution in [0.1, 0.15) is 31.1 Å². The van der Waals surface area contributed by atoms with Crippen molar-refractivity contribution in [3.8, 4) is 0 Å². The fourth-order valence-electron chi connectivity index (χ4n) is 1.40. The quantitative estimate of drug-likeness (QED) is 0.842. The lowest BCUT2D eigenvalue weighted by molar-refractivity contribution is 0.0879. The standard InChI is InChI=1S/C13H19FN2O/c1-9(2)13(3,8-15)16-12(17)10-6-4-5-7-11(10)14/h4-7,9H,8,15H2,1-3H3,(H,16,17). The van der Waals surface area contributed by atoms with E-state index in [-0.39, 0.29) is 11.5 Å². The molecule has 0 spiro atoms. The number of rotatable bonds is 4. The molecule has 1 amide bonds. The molecule has 1 aromatic carbocycles. The number of hydrogen-bond acceptors (Lipinski definition) is 2. The van der Waals surface area contributed by atoms with Crippen LogP contribution in [0.5, 0.6) is 0 Å². The van der Waals surface area contributed by atoms with Crippen molar-refractivity contribution in [1.82, 2.24) is 5.32 Å². The first kappa shape index (κ1) is 13.6. The summed E-state index contributed by atoms with van der Waals surface area (Å²) in [6.07, 6.45) is 0. The third-order valence-corrected chi connectivity index (χ3v) is 3.22. The molecule has 0 radical (unpaired) electrons. The van der Waals surface area contributed by atoms with Crippen molar-refractivity contribution in [1.29, 1.82) is 0 Å². The summed E-state index contributed by atoms with van der Waals surface area (Å²) in [5.74, 6) is -0.777. The maximum absolute atomic E-state index is 13.4. The molecule has 1 atom stereocenters. The highest BCUT2D eigenvalue weighted by molar-refractivity contribution is 5.94. The smallest absolute Gasteiger partial charge is 0.254 e. The number of hydrogen-bond donors (Lipinski definition) is 2. The van der Waals surface area contributed by atoms with Crippen molar-refractivity contribution in [3.63, 3.8) is 0 Å². The molecule has 0 aliphatic carbocycles. The molecule has 0 saturated heterocycles. The summed E-state index contributed by atoms with van der Waals surface area (Å²) in [7, 11) is 0. The third-order valence-electron chi connectivity index (χ3n) is 3.22. The Kier molecular flexibility index (Phi) is 4.23. The van der Waals surface area contributed by atoms with Crippen LogP contribution in [0.3, 0.4) is 0 Å². The SMILES string of the molecule is CC(C)C(C)(CN)NC(=O)c1ccccc1F. The minimum Gasteiger partial charge on any atom is -0.345 e. The Labute approximate surface area is 101 Å². The highest BCUT2D eigenvalue weighted by Gasteiger charge is 2.29. The molecule has 0 aliphatic heterocycles. The molecule has 0 saturated carbocycles. The van der Waals surface area contributed by atoms with Crippen LogP contribution in [0.4, 0.5) is 4.39 Å². The molecule has 0 aromatic heterocycles. The number of carbonyl (C=O) groups excluding carboxylic acids is 1. The molecule has 1 unspecified atom stereocenters. The molecular formula is C13H19FN2O. The van der Waals surface area contributed by atoms with E-state index >= 15 is 0 Å². The van der Waals surface area contributed by atoms with Crippen LogP contribution in [0.25, 0.3) is 0 Å². The number of amides is 1. The lowest BCUT2D eigenvalue weighted by Gasteiger charge is -2.33. The molecule has 0 fully saturated rings. The average Bonchev–Trinajstić information content (AvgIpc) is 2.29. The molecule has 94 valence electrons. The highest BCUT2D eigenvalue weighted by atomic mass is 19.1. The normalized spacial score (nSPS) is 14.5. The van der Waals surface area contributed by atoms with Crippen LogP contribution in [-0.2, 0) is 0 Å². The van der Waals surface area contributed by atoms with Crippen molar-refractivity contribution >= 4 is 5.91 Å². The van der Waals surface area contributed by atoms with Crippen LogP contribution in [0.15, 0.2) is 24.3 Å². The summed E-state index contributed by atoms with van der Waals surface area (Å²) in [5, 5.41) is 2.80. The van der Waals surface area contributed by atoms with Crippen LogP contribution in [-0.4, -0.2) is 18.0 Å². The summed E-state index contributed by atoms with van der Waals surface area (Å²) in [4.78, 5) is 11.9. The zero-order valence-electron chi connectivity index (χ0n) is 10.5. The first-order valence-corrected chi connectivity index (χ1v) is 5.68. The van der Waals surface area contributed by atoms with Crippen LogP contribution < -0.4 is 11.1 Å². The molecule has 17 heavy (non-hydrogen) atoms. The highest BCUT2D eigenvalue weighted by Crippen LogP contribution is 2.16. The van der Waals surface area contributed by atoms with Gasteiger partial charge in [0.1, 0.15) is 5.82 Å². The molecule has 1 rings (SSSR count). The Hall–Kier alpha value is -1.42. The van der Waals surface area contributed by atoms with Crippen LogP contribution in [0, 0.1) is 11.7 Å². The maximum atomic E-state index is 13.4. The van der Waals surface area contributed by atoms with E-state index in [1.807, 2.05) is 20.8 Å². The third kappa shape index (κ3) is 3.03. The van der Waals surface area contributed by atoms with E-state index in [0.717, 1.165) is 0 Å². The van der Waals surface area contributed by atoms with Crippen molar-refractivity contribution < 1.29 is 9.18 Å². The van der Waals surface area contributed by atoms with Gasteiger partial charge < -0.3 is 11.1 Å². The minimum atomic E-state index is -0.528. The van der Waals surface area contributed by atoms with Crippen molar-refractivity contribution in [3.05, 3.63) is 35.6 Å². The van der Waals surface area contributed by atoms with Gasteiger partial charge in [-0.05, 0) is 25.0 Å². The van der Waals surface area contributed by atoms with Gasteiger partial charge in [0.25, 0.3) is 5.91 Å². The van der Waals surface area contributed by atoms with Crippen LogP contribution in [0.2, 0.25) is 0 Å². The Morgan fingerprint density at radius 3 is 2.53 bits per heavy atom. The second-order valence-corrected chi connectivity index (χ2v) is 4.71. The molecule has 0 aliphatic rings. The summed E-state index contributed by atoms with van der Waals surface area (Å²) in [6.45, 7) is 6.10. The monoisotopic (exact) mass is 238 g/mol. The summed E-state index contributed by atoms with van der Waals surface area (Å²) in [6, 6.07) is 5.91. The van der Waals surface area contributed by atoms with Gasteiger partial charge >= 0.3 is 0 Å². The zero-order valence-corrected chi connectivity index (χ0v) is 10.5. The van der Waals surface area contributed by atoms with Gasteiger partial charge in [0.15, 0.2) is 0 Å². The molecule has 0 bridgehead atoms. The molecule has 1 aromatic rings. The summed E-state index contributed by atoms with van der Waals surface area (Å²) in [5.41, 5.74) is 5.18. The number of halogens is 1. The Morgan fingerprint density at radius 1 is 1.47 bits per heavy atom. The first-order chi connectivity index (χ1) is 7.90. The molecule has 4 heteroatoms. The number of carbonyl (C=O) groups is 1. The number of nitrogens with two attached hydrogens (primary N) is 1. The Balaban J connectivity index is 2.90. The van der Waals surface area contributed by atoms with E-state index in [2.05, 4.69) is 5.32 Å². The molecule has 3 N–H and O–H groups in total. The van der Waals surface area contributed by atoms with Crippen molar-refractivity contribution in [2.24, 2.45) is 11.7 Å². The number of benzene rings is 1. The van der Waals surface area contributed by atoms with Gasteiger partial charge in [-0.1, -0.05) is 26.0 Å². The predicted octanol–water partition coefficient (Wildman–Crippen LogP) is 1.93. The second-order valence-electron chi connectivity index (χ2n) is 4.71. The van der Waals surface area contributed by atoms with Gasteiger partial charge in [0, 0.05) is 6.54 Å². The largest absolute Gasteiger partial charge is 0.345 e. The van der Waals surface area contributed by atoms with E-state index in [9.17, 15) is 9.18 Å². The van der Waals surface area contributed by atoms with Gasteiger partial charge in [-0.25, -0.2) is 4.39 Å². The Bertz CT molecular complexity index is 406. The fraction of sp³-hybridized carbons (Fsp3) is 0.462. The van der Waals surface area contributed by atoms with E-state index in [0.29, 0.717) is 6.54 Å². The molecule has 0 heterocycles. The van der Waals surface area contributed by atoms with Crippen molar-refractivity contribution in [2.75, 3.05) is 6.54 Å². The van der Waals surface area contributed by atoms with E-state index in [1.165, 1.54) is 12.1 Å². The van der Waals surface area contributed by atoms with E-state index < -0.39 is 17.3 Å². The van der Waals surface area contributed by atoms with E-state index in [1.54, 1.807) is 12.1 Å². The average molecular weight is 238 g/mol. The summed E-state index contributed by atoms with van der Waals surface area (Å²) < 4.78 is 13.4. The number of nitrogens with one attached hydrogen (secondary N) is 1. The van der Waals surface area contributed by atoms with Gasteiger partial charge in [0.05, 0.1) is 11.1 Å². The van der Waals surface area contributed by atoms with Gasteiger partial charge in [-0.15, -0.1) is 0 Å². The van der Waals surface area contributed by atoms with Crippen LogP contribution >= 0.6 is 0 Å². The lowest BCUT2D eigenvalue weighted by Crippen LogP contribution is -2.55. The van der Waals surface area contributed by atoms with Gasteiger partial charge in [-0.3, -0.25) is 4.79 Å². The zero-order chi connectivity index (χ0) is 13.1. The minimum absolute atomic E-state index is 0.0489. The predicted molar refractivity (Wildman–Crippen MR) is 66.2 cm³/mol. The molecule has 3 nitrogen and oxygen atoms in total. The van der Waals surface area contributed by atoms with Gasteiger partial charge in [-0.2, -0.15) is 0 Å². The van der Waals surface area contributed by atoms with E-state index in [4.69, 9.17) is 5.73 Å². The first-order valence-electron chi connectivity index (χ1n) is 5.68. The Morgan fingerprint density at radius 2 is 2.06 bits per heavy atom. The molecular weight excluding hydrogens is 219 g/mol. The maximum Gasteiger partial charge on any atom is 0.254 e. The van der Waals surface area contributed by atoms with Crippen molar-refractivity contribution in [2.45, 2.75) is 26.3 Å². The fourth-order valence-corrected chi connectivity index (χ4v) is 1.40. The lowest BCUT2D eigenvalue weighted by atomic mass is 9.88.